The number of nitrogens with one attached hydrogen (secondary N) is 1. The number of aromatic nitrogens is 2. The van der Waals surface area contributed by atoms with E-state index in [-0.39, 0.29) is 11.5 Å². The van der Waals surface area contributed by atoms with Gasteiger partial charge in [-0.2, -0.15) is 5.10 Å². The molecular weight excluding hydrogens is 444 g/mol. The van der Waals surface area contributed by atoms with Crippen LogP contribution in [0, 0.1) is 6.92 Å². The standard InChI is InChI=1S/C23H24N4O5S/c1-15-19(22(29)27-8-10-31-11-9-27)21(33-20(15)16-6-4-3-5-7-16)25-18(28)14-32-23(30)17-12-24-26(2)13-17/h3-7,12-13H,8-11,14H2,1-2H3,(H,25,28). The number of hydrogen-bond acceptors (Lipinski definition) is 7. The van der Waals surface area contributed by atoms with Crippen molar-refractivity contribution >= 4 is 34.1 Å². The summed E-state index contributed by atoms with van der Waals surface area (Å²) in [5.74, 6) is -1.32. The number of esters is 1. The number of carbonyl (C=O) groups excluding carboxylic acids is 3. The molecule has 0 aliphatic carbocycles. The normalized spacial score (nSPS) is 13.6. The Bertz CT molecular complexity index is 1160. The molecule has 2 amide bonds. The summed E-state index contributed by atoms with van der Waals surface area (Å²) in [7, 11) is 1.68. The van der Waals surface area contributed by atoms with E-state index >= 15 is 0 Å². The smallest absolute Gasteiger partial charge is 0.341 e. The fourth-order valence-electron chi connectivity index (χ4n) is 3.55. The van der Waals surface area contributed by atoms with Gasteiger partial charge in [0.15, 0.2) is 6.61 Å². The maximum absolute atomic E-state index is 13.4. The molecule has 0 atom stereocenters. The van der Waals surface area contributed by atoms with Gasteiger partial charge in [0.1, 0.15) is 5.00 Å². The highest BCUT2D eigenvalue weighted by Gasteiger charge is 2.28. The fraction of sp³-hybridized carbons (Fsp3) is 0.304. The van der Waals surface area contributed by atoms with E-state index in [4.69, 9.17) is 9.47 Å². The molecule has 3 heterocycles. The molecule has 2 aromatic heterocycles. The molecule has 3 aromatic rings. The van der Waals surface area contributed by atoms with Gasteiger partial charge >= 0.3 is 5.97 Å². The van der Waals surface area contributed by atoms with Gasteiger partial charge in [0, 0.05) is 31.2 Å². The quantitative estimate of drug-likeness (QED) is 0.558. The van der Waals surface area contributed by atoms with E-state index in [9.17, 15) is 14.4 Å². The van der Waals surface area contributed by atoms with Gasteiger partial charge in [-0.25, -0.2) is 4.79 Å². The minimum Gasteiger partial charge on any atom is -0.452 e. The van der Waals surface area contributed by atoms with Crippen molar-refractivity contribution in [1.82, 2.24) is 14.7 Å². The summed E-state index contributed by atoms with van der Waals surface area (Å²) in [5.41, 5.74) is 2.46. The largest absolute Gasteiger partial charge is 0.452 e. The number of morpholine rings is 1. The van der Waals surface area contributed by atoms with E-state index in [1.54, 1.807) is 11.9 Å². The molecule has 1 saturated heterocycles. The lowest BCUT2D eigenvalue weighted by Crippen LogP contribution is -2.41. The summed E-state index contributed by atoms with van der Waals surface area (Å²) < 4.78 is 11.9. The highest BCUT2D eigenvalue weighted by atomic mass is 32.1. The van der Waals surface area contributed by atoms with Crippen molar-refractivity contribution in [3.63, 3.8) is 0 Å². The van der Waals surface area contributed by atoms with Gasteiger partial charge in [-0.1, -0.05) is 30.3 Å². The molecule has 1 aromatic carbocycles. The number of ether oxygens (including phenoxy) is 2. The lowest BCUT2D eigenvalue weighted by molar-refractivity contribution is -0.119. The van der Waals surface area contributed by atoms with Crippen molar-refractivity contribution in [2.75, 3.05) is 38.2 Å². The summed E-state index contributed by atoms with van der Waals surface area (Å²) in [6.45, 7) is 3.34. The van der Waals surface area contributed by atoms with E-state index in [0.717, 1.165) is 16.0 Å². The highest BCUT2D eigenvalue weighted by molar-refractivity contribution is 7.20. The molecule has 0 spiro atoms. The maximum atomic E-state index is 13.4. The summed E-state index contributed by atoms with van der Waals surface area (Å²) >= 11 is 1.33. The molecule has 1 aliphatic rings. The fourth-order valence-corrected chi connectivity index (χ4v) is 4.77. The van der Waals surface area contributed by atoms with Crippen LogP contribution in [-0.4, -0.2) is 65.4 Å². The molecule has 1 aliphatic heterocycles. The summed E-state index contributed by atoms with van der Waals surface area (Å²) in [5, 5.41) is 7.13. The third-order valence-corrected chi connectivity index (χ3v) is 6.48. The Balaban J connectivity index is 1.55. The van der Waals surface area contributed by atoms with E-state index in [1.807, 2.05) is 37.3 Å². The zero-order chi connectivity index (χ0) is 23.4. The monoisotopic (exact) mass is 468 g/mol. The average Bonchev–Trinajstić information content (AvgIpc) is 3.41. The van der Waals surface area contributed by atoms with Crippen LogP contribution in [0.4, 0.5) is 5.00 Å². The number of rotatable bonds is 6. The number of thiophene rings is 1. The van der Waals surface area contributed by atoms with Crippen molar-refractivity contribution < 1.29 is 23.9 Å². The second kappa shape index (κ2) is 9.97. The topological polar surface area (TPSA) is 103 Å². The van der Waals surface area contributed by atoms with Gasteiger partial charge < -0.3 is 19.7 Å². The van der Waals surface area contributed by atoms with Gasteiger partial charge in [-0.3, -0.25) is 14.3 Å². The van der Waals surface area contributed by atoms with Crippen molar-refractivity contribution in [3.8, 4) is 10.4 Å². The Labute approximate surface area is 194 Å². The first-order valence-corrected chi connectivity index (χ1v) is 11.3. The van der Waals surface area contributed by atoms with Crippen LogP contribution < -0.4 is 5.32 Å². The Morgan fingerprint density at radius 3 is 2.58 bits per heavy atom. The first-order chi connectivity index (χ1) is 15.9. The van der Waals surface area contributed by atoms with Gasteiger partial charge in [0.2, 0.25) is 0 Å². The van der Waals surface area contributed by atoms with Gasteiger partial charge in [-0.15, -0.1) is 11.3 Å². The average molecular weight is 469 g/mol. The van der Waals surface area contributed by atoms with Crippen molar-refractivity contribution in [2.45, 2.75) is 6.92 Å². The van der Waals surface area contributed by atoms with E-state index < -0.39 is 18.5 Å². The molecular formula is C23H24N4O5S. The zero-order valence-corrected chi connectivity index (χ0v) is 19.2. The number of nitrogens with zero attached hydrogens (tertiary/aromatic N) is 3. The number of aryl methyl sites for hydroxylation is 1. The predicted octanol–water partition coefficient (Wildman–Crippen LogP) is 2.72. The number of anilines is 1. The lowest BCUT2D eigenvalue weighted by Gasteiger charge is -2.27. The Kier molecular flexibility index (Phi) is 6.85. The SMILES string of the molecule is Cc1c(-c2ccccc2)sc(NC(=O)COC(=O)c2cnn(C)c2)c1C(=O)N1CCOCC1. The number of amides is 2. The molecule has 0 saturated carbocycles. The third-order valence-electron chi connectivity index (χ3n) is 5.22. The van der Waals surface area contributed by atoms with Crippen LogP contribution >= 0.6 is 11.3 Å². The summed E-state index contributed by atoms with van der Waals surface area (Å²) in [6, 6.07) is 9.69. The first kappa shape index (κ1) is 22.7. The molecule has 0 unspecified atom stereocenters. The second-order valence-corrected chi connectivity index (χ2v) is 8.58. The van der Waals surface area contributed by atoms with Crippen LogP contribution in [0.1, 0.15) is 26.3 Å². The molecule has 1 fully saturated rings. The second-order valence-electron chi connectivity index (χ2n) is 7.56. The van der Waals surface area contributed by atoms with Crippen molar-refractivity contribution in [2.24, 2.45) is 7.05 Å². The number of hydrogen-bond donors (Lipinski definition) is 1. The highest BCUT2D eigenvalue weighted by Crippen LogP contribution is 2.40. The van der Waals surface area contributed by atoms with Gasteiger partial charge in [0.25, 0.3) is 11.8 Å². The van der Waals surface area contributed by atoms with Crippen LogP contribution in [0.5, 0.6) is 0 Å². The molecule has 172 valence electrons. The van der Waals surface area contributed by atoms with Crippen LogP contribution in [0.15, 0.2) is 42.7 Å². The van der Waals surface area contributed by atoms with Crippen LogP contribution in [0.25, 0.3) is 10.4 Å². The predicted molar refractivity (Wildman–Crippen MR) is 123 cm³/mol. The van der Waals surface area contributed by atoms with Crippen LogP contribution in [0.3, 0.4) is 0 Å². The Morgan fingerprint density at radius 1 is 1.18 bits per heavy atom. The molecule has 0 radical (unpaired) electrons. The molecule has 0 bridgehead atoms. The summed E-state index contributed by atoms with van der Waals surface area (Å²) in [6.07, 6.45) is 2.88. The van der Waals surface area contributed by atoms with Gasteiger partial charge in [-0.05, 0) is 18.1 Å². The van der Waals surface area contributed by atoms with Crippen molar-refractivity contribution in [3.05, 3.63) is 59.4 Å². The van der Waals surface area contributed by atoms with E-state index in [1.165, 1.54) is 28.4 Å². The maximum Gasteiger partial charge on any atom is 0.341 e. The van der Waals surface area contributed by atoms with Crippen molar-refractivity contribution in [1.29, 1.82) is 0 Å². The first-order valence-electron chi connectivity index (χ1n) is 10.5. The third kappa shape index (κ3) is 5.12. The molecule has 9 nitrogen and oxygen atoms in total. The van der Waals surface area contributed by atoms with Crippen LogP contribution in [0.2, 0.25) is 0 Å². The summed E-state index contributed by atoms with van der Waals surface area (Å²) in [4.78, 5) is 40.7. The number of benzene rings is 1. The molecule has 1 N–H and O–H groups in total. The number of carbonyl (C=O) groups is 3. The Morgan fingerprint density at radius 2 is 1.91 bits per heavy atom. The van der Waals surface area contributed by atoms with E-state index in [2.05, 4.69) is 10.4 Å². The van der Waals surface area contributed by atoms with Crippen LogP contribution in [-0.2, 0) is 21.3 Å². The molecule has 10 heteroatoms. The van der Waals surface area contributed by atoms with Gasteiger partial charge in [0.05, 0.1) is 30.5 Å². The molecule has 4 rings (SSSR count). The van der Waals surface area contributed by atoms with E-state index in [0.29, 0.717) is 36.9 Å². The molecule has 33 heavy (non-hydrogen) atoms. The zero-order valence-electron chi connectivity index (χ0n) is 18.4. The minimum absolute atomic E-state index is 0.156. The lowest BCUT2D eigenvalue weighted by atomic mass is 10.1. The Hall–Kier alpha value is -3.50. The minimum atomic E-state index is -0.643.